The molecule has 2 amide bonds. The Hall–Kier alpha value is -2.51. The highest BCUT2D eigenvalue weighted by molar-refractivity contribution is 5.99. The normalized spacial score (nSPS) is 15.7. The molecule has 0 aromatic heterocycles. The minimum Gasteiger partial charge on any atom is -0.478 e. The summed E-state index contributed by atoms with van der Waals surface area (Å²) >= 11 is 0. The summed E-state index contributed by atoms with van der Waals surface area (Å²) in [5, 5.41) is 11.1. The van der Waals surface area contributed by atoms with Gasteiger partial charge in [0, 0.05) is 6.20 Å². The van der Waals surface area contributed by atoms with Crippen LogP contribution in [0.15, 0.2) is 36.0 Å². The van der Waals surface area contributed by atoms with Crippen LogP contribution >= 0.6 is 0 Å². The zero-order valence-corrected chi connectivity index (χ0v) is 9.94. The molecule has 106 valence electrons. The van der Waals surface area contributed by atoms with E-state index in [9.17, 15) is 22.8 Å². The third-order valence-electron chi connectivity index (χ3n) is 2.66. The maximum Gasteiger partial charge on any atom is 0.416 e. The van der Waals surface area contributed by atoms with Crippen LogP contribution in [0, 0.1) is 0 Å². The number of aliphatic carboxylic acids is 1. The van der Waals surface area contributed by atoms with Gasteiger partial charge >= 0.3 is 18.2 Å². The van der Waals surface area contributed by atoms with Crippen LogP contribution < -0.4 is 10.2 Å². The van der Waals surface area contributed by atoms with Gasteiger partial charge in [0.25, 0.3) is 0 Å². The maximum atomic E-state index is 12.6. The highest BCUT2D eigenvalue weighted by atomic mass is 19.4. The van der Waals surface area contributed by atoms with Gasteiger partial charge in [0.2, 0.25) is 0 Å². The molecular weight excluding hydrogens is 277 g/mol. The quantitative estimate of drug-likeness (QED) is 0.875. The first kappa shape index (κ1) is 13.9. The summed E-state index contributed by atoms with van der Waals surface area (Å²) in [4.78, 5) is 23.3. The molecule has 0 fully saturated rings. The zero-order valence-electron chi connectivity index (χ0n) is 9.94. The first-order valence-corrected chi connectivity index (χ1v) is 5.47. The molecular formula is C12H9F3N2O3. The van der Waals surface area contributed by atoms with Crippen LogP contribution in [-0.2, 0) is 11.0 Å². The van der Waals surface area contributed by atoms with Gasteiger partial charge in [-0.2, -0.15) is 13.2 Å². The van der Waals surface area contributed by atoms with Gasteiger partial charge < -0.3 is 10.4 Å². The number of nitrogens with zero attached hydrogens (tertiary/aromatic N) is 1. The molecule has 1 aliphatic rings. The van der Waals surface area contributed by atoms with Crippen LogP contribution in [0.4, 0.5) is 23.7 Å². The van der Waals surface area contributed by atoms with Crippen molar-refractivity contribution in [3.63, 3.8) is 0 Å². The van der Waals surface area contributed by atoms with E-state index < -0.39 is 23.7 Å². The number of alkyl halides is 3. The molecule has 5 nitrogen and oxygen atoms in total. The lowest BCUT2D eigenvalue weighted by Crippen LogP contribution is -2.43. The molecule has 1 aromatic rings. The number of carboxylic acid groups (broad SMARTS) is 1. The Bertz CT molecular complexity index is 596. The lowest BCUT2D eigenvalue weighted by Gasteiger charge is -2.25. The second-order valence-corrected chi connectivity index (χ2v) is 4.04. The Labute approximate surface area is 111 Å². The number of benzene rings is 1. The summed E-state index contributed by atoms with van der Waals surface area (Å²) in [6, 6.07) is 3.40. The fraction of sp³-hybridized carbons (Fsp3) is 0.167. The van der Waals surface area contributed by atoms with Crippen molar-refractivity contribution in [2.45, 2.75) is 6.18 Å². The first-order chi connectivity index (χ1) is 9.29. The van der Waals surface area contributed by atoms with Gasteiger partial charge in [-0.05, 0) is 18.2 Å². The van der Waals surface area contributed by atoms with Crippen LogP contribution in [0.25, 0.3) is 0 Å². The van der Waals surface area contributed by atoms with E-state index in [1.54, 1.807) is 0 Å². The lowest BCUT2D eigenvalue weighted by atomic mass is 10.1. The molecule has 1 aromatic carbocycles. The van der Waals surface area contributed by atoms with Gasteiger partial charge in [-0.15, -0.1) is 0 Å². The number of hydrogen-bond donors (Lipinski definition) is 2. The Morgan fingerprint density at radius 1 is 1.35 bits per heavy atom. The number of carbonyl (C=O) groups excluding carboxylic acids is 1. The summed E-state index contributed by atoms with van der Waals surface area (Å²) in [6.45, 7) is -0.177. The largest absolute Gasteiger partial charge is 0.478 e. The molecule has 2 rings (SSSR count). The molecule has 0 radical (unpaired) electrons. The summed E-state index contributed by atoms with van der Waals surface area (Å²) in [7, 11) is 0. The third-order valence-corrected chi connectivity index (χ3v) is 2.66. The average molecular weight is 286 g/mol. The number of anilines is 1. The third kappa shape index (κ3) is 2.73. The number of halogens is 3. The molecule has 2 N–H and O–H groups in total. The topological polar surface area (TPSA) is 69.6 Å². The second-order valence-electron chi connectivity index (χ2n) is 4.04. The Balaban J connectivity index is 2.42. The molecule has 20 heavy (non-hydrogen) atoms. The van der Waals surface area contributed by atoms with E-state index in [4.69, 9.17) is 5.11 Å². The number of amides is 2. The van der Waals surface area contributed by atoms with E-state index in [1.807, 2.05) is 0 Å². The maximum absolute atomic E-state index is 12.6. The molecule has 0 atom stereocenters. The Morgan fingerprint density at radius 2 is 2.05 bits per heavy atom. The molecule has 8 heteroatoms. The van der Waals surface area contributed by atoms with Crippen molar-refractivity contribution in [3.05, 3.63) is 41.6 Å². The summed E-state index contributed by atoms with van der Waals surface area (Å²) in [5.41, 5.74) is -1.10. The molecule has 1 heterocycles. The van der Waals surface area contributed by atoms with Crippen LogP contribution in [0.3, 0.4) is 0 Å². The van der Waals surface area contributed by atoms with Gasteiger partial charge in [-0.1, -0.05) is 6.07 Å². The number of urea groups is 1. The number of hydrogen-bond acceptors (Lipinski definition) is 2. The van der Waals surface area contributed by atoms with E-state index in [-0.39, 0.29) is 17.8 Å². The smallest absolute Gasteiger partial charge is 0.416 e. The van der Waals surface area contributed by atoms with E-state index in [2.05, 4.69) is 5.32 Å². The lowest BCUT2D eigenvalue weighted by molar-refractivity contribution is -0.137. The van der Waals surface area contributed by atoms with Gasteiger partial charge in [0.1, 0.15) is 0 Å². The second kappa shape index (κ2) is 4.87. The van der Waals surface area contributed by atoms with Crippen molar-refractivity contribution < 1.29 is 27.9 Å². The molecule has 1 aliphatic heterocycles. The van der Waals surface area contributed by atoms with Crippen LogP contribution in [0.2, 0.25) is 0 Å². The number of nitrogens with one attached hydrogen (secondary N) is 1. The SMILES string of the molecule is O=C(O)C1=CN(c2cccc(C(F)(F)F)c2)C(=O)NC1. The fourth-order valence-corrected chi connectivity index (χ4v) is 1.67. The first-order valence-electron chi connectivity index (χ1n) is 5.47. The predicted molar refractivity (Wildman–Crippen MR) is 63.0 cm³/mol. The number of rotatable bonds is 2. The van der Waals surface area contributed by atoms with Crippen LogP contribution in [-0.4, -0.2) is 23.7 Å². The molecule has 0 unspecified atom stereocenters. The summed E-state index contributed by atoms with van der Waals surface area (Å²) < 4.78 is 37.8. The van der Waals surface area contributed by atoms with E-state index in [0.717, 1.165) is 29.3 Å². The summed E-state index contributed by atoms with van der Waals surface area (Å²) in [5.74, 6) is -1.25. The Morgan fingerprint density at radius 3 is 2.65 bits per heavy atom. The van der Waals surface area contributed by atoms with Gasteiger partial charge in [0.05, 0.1) is 23.4 Å². The van der Waals surface area contributed by atoms with Gasteiger partial charge in [0.15, 0.2) is 0 Å². The van der Waals surface area contributed by atoms with E-state index in [0.29, 0.717) is 0 Å². The molecule has 0 aliphatic carbocycles. The molecule has 0 saturated carbocycles. The van der Waals surface area contributed by atoms with Crippen molar-refractivity contribution >= 4 is 17.7 Å². The summed E-state index contributed by atoms with van der Waals surface area (Å²) in [6.07, 6.45) is -3.53. The highest BCUT2D eigenvalue weighted by Gasteiger charge is 2.31. The van der Waals surface area contributed by atoms with Gasteiger partial charge in [-0.3, -0.25) is 4.90 Å². The predicted octanol–water partition coefficient (Wildman–Crippen LogP) is 2.20. The molecule has 0 saturated heterocycles. The fourth-order valence-electron chi connectivity index (χ4n) is 1.67. The van der Waals surface area contributed by atoms with Crippen LogP contribution in [0.5, 0.6) is 0 Å². The van der Waals surface area contributed by atoms with Crippen LogP contribution in [0.1, 0.15) is 5.56 Å². The highest BCUT2D eigenvalue weighted by Crippen LogP contribution is 2.32. The number of carboxylic acids is 1. The monoisotopic (exact) mass is 286 g/mol. The minimum atomic E-state index is -4.54. The van der Waals surface area contributed by atoms with Crippen molar-refractivity contribution in [1.29, 1.82) is 0 Å². The standard InChI is InChI=1S/C12H9F3N2O3/c13-12(14,15)8-2-1-3-9(4-8)17-6-7(10(18)19)5-16-11(17)20/h1-4,6H,5H2,(H,16,20)(H,18,19). The van der Waals surface area contributed by atoms with E-state index in [1.165, 1.54) is 6.07 Å². The van der Waals surface area contributed by atoms with Crippen molar-refractivity contribution in [2.75, 3.05) is 11.4 Å². The molecule has 0 bridgehead atoms. The Kier molecular flexibility index (Phi) is 3.39. The van der Waals surface area contributed by atoms with Crippen molar-refractivity contribution in [3.8, 4) is 0 Å². The van der Waals surface area contributed by atoms with Crippen molar-refractivity contribution in [1.82, 2.24) is 5.32 Å². The average Bonchev–Trinajstić information content (AvgIpc) is 2.38. The van der Waals surface area contributed by atoms with Crippen molar-refractivity contribution in [2.24, 2.45) is 0 Å². The van der Waals surface area contributed by atoms with E-state index >= 15 is 0 Å². The van der Waals surface area contributed by atoms with Gasteiger partial charge in [-0.25, -0.2) is 9.59 Å². The molecule has 0 spiro atoms. The number of carbonyl (C=O) groups is 2. The minimum absolute atomic E-state index is 0.0595. The zero-order chi connectivity index (χ0) is 14.9.